The summed E-state index contributed by atoms with van der Waals surface area (Å²) in [4.78, 5) is 14.9. The smallest absolute Gasteiger partial charge is 0.341 e. The van der Waals surface area contributed by atoms with Crippen LogP contribution in [0, 0.1) is 10.6 Å². The highest BCUT2D eigenvalue weighted by molar-refractivity contribution is 7.71. The highest BCUT2D eigenvalue weighted by Gasteiger charge is 2.47. The van der Waals surface area contributed by atoms with E-state index in [1.165, 1.54) is 0 Å². The quantitative estimate of drug-likeness (QED) is 0.660. The first-order valence-corrected chi connectivity index (χ1v) is 6.69. The number of nitrogens with one attached hydrogen (secondary N) is 1. The Kier molecular flexibility index (Phi) is 3.38. The van der Waals surface area contributed by atoms with Crippen molar-refractivity contribution in [2.24, 2.45) is 5.92 Å². The normalized spacial score (nSPS) is 33.1. The van der Waals surface area contributed by atoms with Crippen molar-refractivity contribution in [3.63, 3.8) is 0 Å². The lowest BCUT2D eigenvalue weighted by atomic mass is 10.0. The SMILES string of the molecule is C[C@H]1CO[C@H]2[C@@H]1OC[C@H]2OC(=O)c1ccc[nH]c1=S. The van der Waals surface area contributed by atoms with Crippen molar-refractivity contribution in [2.75, 3.05) is 13.2 Å². The van der Waals surface area contributed by atoms with E-state index in [9.17, 15) is 4.79 Å². The van der Waals surface area contributed by atoms with Gasteiger partial charge in [0, 0.05) is 12.1 Å². The summed E-state index contributed by atoms with van der Waals surface area (Å²) < 4.78 is 17.1. The third-order valence-electron chi connectivity index (χ3n) is 3.55. The molecule has 0 saturated carbocycles. The number of aromatic amines is 1. The molecule has 0 spiro atoms. The van der Waals surface area contributed by atoms with Crippen LogP contribution in [0.4, 0.5) is 0 Å². The second-order valence-corrected chi connectivity index (χ2v) is 5.34. The average molecular weight is 281 g/mol. The largest absolute Gasteiger partial charge is 0.453 e. The number of carbonyl (C=O) groups excluding carboxylic acids is 1. The Labute approximate surface area is 115 Å². The molecule has 0 aromatic carbocycles. The van der Waals surface area contributed by atoms with Crippen LogP contribution in [0.25, 0.3) is 0 Å². The fourth-order valence-electron chi connectivity index (χ4n) is 2.54. The molecular formula is C13H15NO4S. The van der Waals surface area contributed by atoms with Crippen LogP contribution in [0.5, 0.6) is 0 Å². The van der Waals surface area contributed by atoms with Crippen LogP contribution in [-0.2, 0) is 14.2 Å². The first kappa shape index (κ1) is 12.8. The lowest BCUT2D eigenvalue weighted by Gasteiger charge is -2.16. The molecule has 0 bridgehead atoms. The monoisotopic (exact) mass is 281 g/mol. The minimum atomic E-state index is -0.431. The highest BCUT2D eigenvalue weighted by Crippen LogP contribution is 2.32. The maximum Gasteiger partial charge on any atom is 0.341 e. The highest BCUT2D eigenvalue weighted by atomic mass is 32.1. The van der Waals surface area contributed by atoms with Crippen molar-refractivity contribution in [1.82, 2.24) is 4.98 Å². The summed E-state index contributed by atoms with van der Waals surface area (Å²) in [6, 6.07) is 3.36. The maximum atomic E-state index is 12.1. The molecule has 0 aliphatic carbocycles. The molecule has 2 aliphatic heterocycles. The van der Waals surface area contributed by atoms with Gasteiger partial charge in [-0.1, -0.05) is 19.1 Å². The van der Waals surface area contributed by atoms with E-state index in [0.717, 1.165) is 0 Å². The van der Waals surface area contributed by atoms with Crippen LogP contribution in [0.15, 0.2) is 18.3 Å². The Bertz CT molecular complexity index is 543. The van der Waals surface area contributed by atoms with Gasteiger partial charge in [0.1, 0.15) is 10.7 Å². The zero-order chi connectivity index (χ0) is 13.4. The molecule has 3 rings (SSSR count). The number of aromatic nitrogens is 1. The van der Waals surface area contributed by atoms with Gasteiger partial charge in [-0.3, -0.25) is 0 Å². The number of fused-ring (bicyclic) bond motifs is 1. The maximum absolute atomic E-state index is 12.1. The minimum Gasteiger partial charge on any atom is -0.453 e. The third kappa shape index (κ3) is 2.31. The molecule has 2 fully saturated rings. The van der Waals surface area contributed by atoms with Gasteiger partial charge >= 0.3 is 5.97 Å². The lowest BCUT2D eigenvalue weighted by Crippen LogP contribution is -2.33. The van der Waals surface area contributed by atoms with Crippen molar-refractivity contribution >= 4 is 18.2 Å². The van der Waals surface area contributed by atoms with Crippen molar-refractivity contribution in [3.8, 4) is 0 Å². The fourth-order valence-corrected chi connectivity index (χ4v) is 2.76. The van der Waals surface area contributed by atoms with Crippen LogP contribution >= 0.6 is 12.2 Å². The van der Waals surface area contributed by atoms with E-state index in [4.69, 9.17) is 26.4 Å². The van der Waals surface area contributed by atoms with Crippen LogP contribution in [-0.4, -0.2) is 42.5 Å². The zero-order valence-corrected chi connectivity index (χ0v) is 11.3. The van der Waals surface area contributed by atoms with Crippen LogP contribution < -0.4 is 0 Å². The molecule has 6 heteroatoms. The topological polar surface area (TPSA) is 60.6 Å². The number of esters is 1. The summed E-state index contributed by atoms with van der Waals surface area (Å²) in [6.07, 6.45) is 1.20. The molecule has 0 unspecified atom stereocenters. The summed E-state index contributed by atoms with van der Waals surface area (Å²) in [5.41, 5.74) is 0.368. The van der Waals surface area contributed by atoms with Gasteiger partial charge < -0.3 is 19.2 Å². The third-order valence-corrected chi connectivity index (χ3v) is 3.89. The molecule has 3 heterocycles. The molecule has 2 saturated heterocycles. The number of carbonyl (C=O) groups is 1. The van der Waals surface area contributed by atoms with Crippen LogP contribution in [0.1, 0.15) is 17.3 Å². The molecule has 1 aromatic heterocycles. The van der Waals surface area contributed by atoms with Gasteiger partial charge in [-0.05, 0) is 12.1 Å². The van der Waals surface area contributed by atoms with E-state index in [0.29, 0.717) is 29.3 Å². The van der Waals surface area contributed by atoms with E-state index in [1.807, 2.05) is 0 Å². The number of rotatable bonds is 2. The Balaban J connectivity index is 1.71. The summed E-state index contributed by atoms with van der Waals surface area (Å²) in [7, 11) is 0. The predicted octanol–water partition coefficient (Wildman–Crippen LogP) is 1.70. The number of ether oxygens (including phenoxy) is 3. The molecule has 1 N–H and O–H groups in total. The number of H-pyrrole nitrogens is 1. The van der Waals surface area contributed by atoms with Gasteiger partial charge in [0.2, 0.25) is 0 Å². The van der Waals surface area contributed by atoms with Crippen molar-refractivity contribution in [3.05, 3.63) is 28.5 Å². The predicted molar refractivity (Wildman–Crippen MR) is 69.5 cm³/mol. The van der Waals surface area contributed by atoms with Crippen LogP contribution in [0.3, 0.4) is 0 Å². The summed E-state index contributed by atoms with van der Waals surface area (Å²) in [5.74, 6) is -0.0903. The van der Waals surface area contributed by atoms with Crippen molar-refractivity contribution < 1.29 is 19.0 Å². The van der Waals surface area contributed by atoms with Gasteiger partial charge in [-0.15, -0.1) is 0 Å². The average Bonchev–Trinajstić information content (AvgIpc) is 2.95. The Morgan fingerprint density at radius 2 is 2.21 bits per heavy atom. The number of hydrogen-bond acceptors (Lipinski definition) is 5. The lowest BCUT2D eigenvalue weighted by molar-refractivity contribution is -0.0159. The van der Waals surface area contributed by atoms with Gasteiger partial charge in [-0.25, -0.2) is 4.79 Å². The fraction of sp³-hybridized carbons (Fsp3) is 0.538. The Hall–Kier alpha value is -1.24. The molecule has 0 radical (unpaired) electrons. The Morgan fingerprint density at radius 3 is 3.00 bits per heavy atom. The molecule has 1 aromatic rings. The first-order chi connectivity index (χ1) is 9.16. The summed E-state index contributed by atoms with van der Waals surface area (Å²) in [6.45, 7) is 3.10. The van der Waals surface area contributed by atoms with Crippen molar-refractivity contribution in [2.45, 2.75) is 25.2 Å². The van der Waals surface area contributed by atoms with Gasteiger partial charge in [0.15, 0.2) is 6.10 Å². The molecular weight excluding hydrogens is 266 g/mol. The second-order valence-electron chi connectivity index (χ2n) is 4.93. The molecule has 5 nitrogen and oxygen atoms in total. The molecule has 2 aliphatic rings. The van der Waals surface area contributed by atoms with E-state index < -0.39 is 5.97 Å². The van der Waals surface area contributed by atoms with E-state index in [1.54, 1.807) is 18.3 Å². The number of pyridine rings is 1. The second kappa shape index (κ2) is 5.03. The van der Waals surface area contributed by atoms with Gasteiger partial charge in [0.25, 0.3) is 0 Å². The van der Waals surface area contributed by atoms with Crippen molar-refractivity contribution in [1.29, 1.82) is 0 Å². The molecule has 4 atom stereocenters. The Morgan fingerprint density at radius 1 is 1.42 bits per heavy atom. The molecule has 0 amide bonds. The minimum absolute atomic E-state index is 0.0307. The van der Waals surface area contributed by atoms with Gasteiger partial charge in [0.05, 0.1) is 24.9 Å². The van der Waals surface area contributed by atoms with E-state index >= 15 is 0 Å². The number of hydrogen-bond donors (Lipinski definition) is 1. The van der Waals surface area contributed by atoms with E-state index in [-0.39, 0.29) is 18.3 Å². The zero-order valence-electron chi connectivity index (χ0n) is 10.5. The van der Waals surface area contributed by atoms with E-state index in [2.05, 4.69) is 11.9 Å². The molecule has 102 valence electrons. The summed E-state index contributed by atoms with van der Waals surface area (Å²) in [5, 5.41) is 0. The van der Waals surface area contributed by atoms with Gasteiger partial charge in [-0.2, -0.15) is 0 Å². The molecule has 19 heavy (non-hydrogen) atoms. The standard InChI is InChI=1S/C13H15NO4S/c1-7-5-16-11-9(6-17-10(7)11)18-13(15)8-3-2-4-14-12(8)19/h2-4,7,9-11H,5-6H2,1H3,(H,14,19)/t7-,9+,10+,11+/m0/s1. The first-order valence-electron chi connectivity index (χ1n) is 6.28. The van der Waals surface area contributed by atoms with Crippen LogP contribution in [0.2, 0.25) is 0 Å². The summed E-state index contributed by atoms with van der Waals surface area (Å²) >= 11 is 5.06.